The molecule has 1 heterocycles. The maximum absolute atomic E-state index is 12.6. The number of hydrogen-bond donors (Lipinski definition) is 2. The van der Waals surface area contributed by atoms with Crippen LogP contribution in [-0.2, 0) is 20.5 Å². The first-order valence-electron chi connectivity index (χ1n) is 8.20. The van der Waals surface area contributed by atoms with E-state index in [1.165, 1.54) is 12.1 Å². The summed E-state index contributed by atoms with van der Waals surface area (Å²) >= 11 is 0. The number of nitrogens with one attached hydrogen (secondary N) is 2. The van der Waals surface area contributed by atoms with Crippen molar-refractivity contribution in [1.29, 1.82) is 0 Å². The minimum Gasteiger partial charge on any atom is -0.376 e. The molecule has 1 saturated heterocycles. The van der Waals surface area contributed by atoms with Crippen LogP contribution in [0.4, 0.5) is 18.9 Å². The molecule has 8 heteroatoms. The molecule has 1 unspecified atom stereocenters. The maximum atomic E-state index is 12.6. The molecule has 1 aliphatic rings. The third kappa shape index (κ3) is 6.74. The van der Waals surface area contributed by atoms with Crippen LogP contribution in [0, 0.1) is 0 Å². The molecule has 0 bridgehead atoms. The number of halogens is 3. The molecule has 0 saturated carbocycles. The Kier molecular flexibility index (Phi) is 6.81. The normalized spacial score (nSPS) is 17.3. The van der Waals surface area contributed by atoms with Gasteiger partial charge in [0, 0.05) is 31.7 Å². The average Bonchev–Trinajstić information content (AvgIpc) is 3.06. The number of carbonyl (C=O) groups excluding carboxylic acids is 2. The van der Waals surface area contributed by atoms with Gasteiger partial charge < -0.3 is 15.4 Å². The highest BCUT2D eigenvalue weighted by Crippen LogP contribution is 2.30. The van der Waals surface area contributed by atoms with E-state index in [4.69, 9.17) is 4.74 Å². The van der Waals surface area contributed by atoms with Crippen molar-refractivity contribution in [3.63, 3.8) is 0 Å². The number of ether oxygens (including phenoxy) is 1. The third-order valence-electron chi connectivity index (χ3n) is 3.83. The average molecular weight is 358 g/mol. The second-order valence-corrected chi connectivity index (χ2v) is 5.92. The van der Waals surface area contributed by atoms with Crippen molar-refractivity contribution in [2.24, 2.45) is 0 Å². The van der Waals surface area contributed by atoms with Crippen molar-refractivity contribution in [2.45, 2.75) is 44.4 Å². The highest BCUT2D eigenvalue weighted by Gasteiger charge is 2.30. The Labute approximate surface area is 143 Å². The molecule has 0 radical (unpaired) electrons. The van der Waals surface area contributed by atoms with Crippen LogP contribution in [0.1, 0.15) is 37.7 Å². The third-order valence-corrected chi connectivity index (χ3v) is 3.83. The molecule has 2 N–H and O–H groups in total. The predicted molar refractivity (Wildman–Crippen MR) is 85.9 cm³/mol. The molecule has 1 aromatic carbocycles. The number of hydrogen-bond acceptors (Lipinski definition) is 3. The number of anilines is 1. The first kappa shape index (κ1) is 19.2. The Morgan fingerprint density at radius 3 is 2.64 bits per heavy atom. The topological polar surface area (TPSA) is 67.4 Å². The van der Waals surface area contributed by atoms with Gasteiger partial charge in [-0.15, -0.1) is 0 Å². The van der Waals surface area contributed by atoms with Gasteiger partial charge in [0.25, 0.3) is 0 Å². The molecular weight excluding hydrogens is 337 g/mol. The molecule has 5 nitrogen and oxygen atoms in total. The van der Waals surface area contributed by atoms with Gasteiger partial charge in [-0.1, -0.05) is 6.07 Å². The van der Waals surface area contributed by atoms with Crippen molar-refractivity contribution in [1.82, 2.24) is 5.32 Å². The zero-order chi connectivity index (χ0) is 18.3. The summed E-state index contributed by atoms with van der Waals surface area (Å²) in [6, 6.07) is 4.44. The molecule has 1 atom stereocenters. The van der Waals surface area contributed by atoms with Gasteiger partial charge in [-0.05, 0) is 37.5 Å². The van der Waals surface area contributed by atoms with Crippen molar-refractivity contribution in [2.75, 3.05) is 18.5 Å². The van der Waals surface area contributed by atoms with E-state index in [1.54, 1.807) is 0 Å². The predicted octanol–water partition coefficient (Wildman–Crippen LogP) is 3.11. The molecule has 1 fully saturated rings. The molecule has 1 aliphatic heterocycles. The van der Waals surface area contributed by atoms with Crippen molar-refractivity contribution >= 4 is 17.5 Å². The van der Waals surface area contributed by atoms with Crippen LogP contribution in [0.3, 0.4) is 0 Å². The molecule has 0 aliphatic carbocycles. The largest absolute Gasteiger partial charge is 0.416 e. The minimum atomic E-state index is -4.46. The zero-order valence-electron chi connectivity index (χ0n) is 13.7. The Balaban J connectivity index is 1.67. The van der Waals surface area contributed by atoms with E-state index >= 15 is 0 Å². The monoisotopic (exact) mass is 358 g/mol. The van der Waals surface area contributed by atoms with Gasteiger partial charge in [0.2, 0.25) is 11.8 Å². The molecule has 1 aromatic rings. The van der Waals surface area contributed by atoms with E-state index < -0.39 is 17.6 Å². The van der Waals surface area contributed by atoms with Crippen LogP contribution >= 0.6 is 0 Å². The van der Waals surface area contributed by atoms with E-state index in [-0.39, 0.29) is 30.5 Å². The second kappa shape index (κ2) is 8.84. The minimum absolute atomic E-state index is 0.0591. The first-order valence-corrected chi connectivity index (χ1v) is 8.20. The van der Waals surface area contributed by atoms with Gasteiger partial charge in [0.15, 0.2) is 0 Å². The van der Waals surface area contributed by atoms with Crippen LogP contribution in [-0.4, -0.2) is 31.1 Å². The van der Waals surface area contributed by atoms with Crippen LogP contribution < -0.4 is 10.6 Å². The zero-order valence-corrected chi connectivity index (χ0v) is 13.7. The Hall–Kier alpha value is -2.09. The lowest BCUT2D eigenvalue weighted by molar-refractivity contribution is -0.137. The van der Waals surface area contributed by atoms with Crippen LogP contribution in [0.5, 0.6) is 0 Å². The molecule has 0 aromatic heterocycles. The van der Waals surface area contributed by atoms with Gasteiger partial charge in [-0.3, -0.25) is 9.59 Å². The molecule has 2 rings (SSSR count). The number of alkyl halides is 3. The van der Waals surface area contributed by atoms with E-state index in [2.05, 4.69) is 10.6 Å². The summed E-state index contributed by atoms with van der Waals surface area (Å²) in [7, 11) is 0. The number of carbonyl (C=O) groups is 2. The summed E-state index contributed by atoms with van der Waals surface area (Å²) in [6.45, 7) is 1.19. The van der Waals surface area contributed by atoms with Gasteiger partial charge in [0.1, 0.15) is 0 Å². The van der Waals surface area contributed by atoms with Crippen molar-refractivity contribution in [3.05, 3.63) is 29.8 Å². The highest BCUT2D eigenvalue weighted by atomic mass is 19.4. The van der Waals surface area contributed by atoms with Crippen molar-refractivity contribution in [3.8, 4) is 0 Å². The van der Waals surface area contributed by atoms with Crippen LogP contribution in [0.15, 0.2) is 24.3 Å². The summed E-state index contributed by atoms with van der Waals surface area (Å²) in [4.78, 5) is 23.4. The fourth-order valence-corrected chi connectivity index (χ4v) is 2.53. The molecule has 2 amide bonds. The Morgan fingerprint density at radius 2 is 1.96 bits per heavy atom. The first-order chi connectivity index (χ1) is 11.8. The second-order valence-electron chi connectivity index (χ2n) is 5.92. The Morgan fingerprint density at radius 1 is 1.20 bits per heavy atom. The fraction of sp³-hybridized carbons (Fsp3) is 0.529. The molecule has 0 spiro atoms. The summed E-state index contributed by atoms with van der Waals surface area (Å²) in [5.74, 6) is -0.589. The lowest BCUT2D eigenvalue weighted by atomic mass is 10.1. The lowest BCUT2D eigenvalue weighted by Crippen LogP contribution is -2.31. The highest BCUT2D eigenvalue weighted by molar-refractivity contribution is 5.91. The van der Waals surface area contributed by atoms with Gasteiger partial charge >= 0.3 is 6.18 Å². The molecule has 138 valence electrons. The van der Waals surface area contributed by atoms with E-state index in [0.29, 0.717) is 13.0 Å². The number of benzene rings is 1. The maximum Gasteiger partial charge on any atom is 0.416 e. The number of rotatable bonds is 7. The van der Waals surface area contributed by atoms with Crippen LogP contribution in [0.2, 0.25) is 0 Å². The summed E-state index contributed by atoms with van der Waals surface area (Å²) in [6.07, 6.45) is -1.90. The van der Waals surface area contributed by atoms with Crippen LogP contribution in [0.25, 0.3) is 0 Å². The van der Waals surface area contributed by atoms with Gasteiger partial charge in [-0.25, -0.2) is 0 Å². The van der Waals surface area contributed by atoms with Gasteiger partial charge in [0.05, 0.1) is 11.7 Å². The quantitative estimate of drug-likeness (QED) is 0.787. The van der Waals surface area contributed by atoms with E-state index in [0.717, 1.165) is 31.6 Å². The molecular formula is C17H21F3N2O3. The van der Waals surface area contributed by atoms with Gasteiger partial charge in [-0.2, -0.15) is 13.2 Å². The van der Waals surface area contributed by atoms with E-state index in [1.807, 2.05) is 0 Å². The van der Waals surface area contributed by atoms with E-state index in [9.17, 15) is 22.8 Å². The summed E-state index contributed by atoms with van der Waals surface area (Å²) < 4.78 is 43.2. The lowest BCUT2D eigenvalue weighted by Gasteiger charge is -2.11. The fourth-order valence-electron chi connectivity index (χ4n) is 2.53. The number of amides is 2. The standard InChI is InChI=1S/C17H21F3N2O3/c18-17(19,20)12-4-1-5-13(10-12)22-16(24)8-2-7-15(23)21-11-14-6-3-9-25-14/h1,4-5,10,14H,2-3,6-9,11H2,(H,21,23)(H,22,24). The Bertz CT molecular complexity index is 599. The summed E-state index contributed by atoms with van der Waals surface area (Å²) in [5, 5.41) is 5.17. The summed E-state index contributed by atoms with van der Waals surface area (Å²) in [5.41, 5.74) is -0.735. The SMILES string of the molecule is O=C(CCCC(=O)Nc1cccc(C(F)(F)F)c1)NCC1CCCO1. The van der Waals surface area contributed by atoms with Crippen molar-refractivity contribution < 1.29 is 27.5 Å². The molecule has 25 heavy (non-hydrogen) atoms. The smallest absolute Gasteiger partial charge is 0.376 e.